The second-order valence-corrected chi connectivity index (χ2v) is 4.47. The van der Waals surface area contributed by atoms with E-state index in [9.17, 15) is 0 Å². The molecule has 3 heteroatoms. The number of hydrogen-bond acceptors (Lipinski definition) is 2. The molecule has 0 aliphatic heterocycles. The summed E-state index contributed by atoms with van der Waals surface area (Å²) in [5, 5.41) is 3.86. The van der Waals surface area contributed by atoms with Crippen LogP contribution in [0.15, 0.2) is 41.9 Å². The average molecular weight is 254 g/mol. The van der Waals surface area contributed by atoms with E-state index in [1.807, 2.05) is 18.2 Å². The van der Waals surface area contributed by atoms with Gasteiger partial charge in [0.25, 0.3) is 0 Å². The van der Waals surface area contributed by atoms with Gasteiger partial charge in [0.15, 0.2) is 0 Å². The minimum absolute atomic E-state index is 0.658. The molecule has 0 saturated heterocycles. The van der Waals surface area contributed by atoms with Gasteiger partial charge in [-0.2, -0.15) is 0 Å². The SMILES string of the molecule is C=C(Cl)CNCCCCOCc1ccccc1. The Hall–Kier alpha value is -0.830. The molecule has 0 aromatic heterocycles. The van der Waals surface area contributed by atoms with E-state index in [0.29, 0.717) is 18.2 Å². The molecular formula is C14H20ClNO. The zero-order chi connectivity index (χ0) is 12.3. The fraction of sp³-hybridized carbons (Fsp3) is 0.429. The molecule has 1 aromatic rings. The van der Waals surface area contributed by atoms with Crippen molar-refractivity contribution in [2.45, 2.75) is 19.4 Å². The minimum Gasteiger partial charge on any atom is -0.377 e. The molecule has 17 heavy (non-hydrogen) atoms. The summed E-state index contributed by atoms with van der Waals surface area (Å²) in [6.45, 7) is 6.76. The van der Waals surface area contributed by atoms with Crippen molar-refractivity contribution in [3.63, 3.8) is 0 Å². The van der Waals surface area contributed by atoms with E-state index < -0.39 is 0 Å². The van der Waals surface area contributed by atoms with Crippen molar-refractivity contribution in [3.05, 3.63) is 47.5 Å². The maximum absolute atomic E-state index is 5.63. The number of nitrogens with one attached hydrogen (secondary N) is 1. The Morgan fingerprint density at radius 2 is 2.00 bits per heavy atom. The lowest BCUT2D eigenvalue weighted by Crippen LogP contribution is -2.16. The van der Waals surface area contributed by atoms with Crippen LogP contribution in [0.2, 0.25) is 0 Å². The quantitative estimate of drug-likeness (QED) is 0.682. The fourth-order valence-electron chi connectivity index (χ4n) is 1.44. The van der Waals surface area contributed by atoms with E-state index in [2.05, 4.69) is 24.0 Å². The molecule has 0 unspecified atom stereocenters. The molecule has 1 N–H and O–H groups in total. The highest BCUT2D eigenvalue weighted by Gasteiger charge is 1.93. The lowest BCUT2D eigenvalue weighted by molar-refractivity contribution is 0.117. The molecule has 0 radical (unpaired) electrons. The van der Waals surface area contributed by atoms with E-state index in [0.717, 1.165) is 26.0 Å². The van der Waals surface area contributed by atoms with Gasteiger partial charge in [0.05, 0.1) is 6.61 Å². The fourth-order valence-corrected chi connectivity index (χ4v) is 1.54. The Kier molecular flexibility index (Phi) is 7.72. The van der Waals surface area contributed by atoms with Crippen LogP contribution in [0, 0.1) is 0 Å². The van der Waals surface area contributed by atoms with Gasteiger partial charge >= 0.3 is 0 Å². The highest BCUT2D eigenvalue weighted by molar-refractivity contribution is 6.29. The molecule has 94 valence electrons. The molecular weight excluding hydrogens is 234 g/mol. The van der Waals surface area contributed by atoms with Gasteiger partial charge in [-0.25, -0.2) is 0 Å². The Labute approximate surface area is 109 Å². The second-order valence-electron chi connectivity index (χ2n) is 3.94. The predicted octanol–water partition coefficient (Wildman–Crippen LogP) is 3.33. The lowest BCUT2D eigenvalue weighted by Gasteiger charge is -2.05. The van der Waals surface area contributed by atoms with Crippen LogP contribution < -0.4 is 5.32 Å². The summed E-state index contributed by atoms with van der Waals surface area (Å²) in [7, 11) is 0. The summed E-state index contributed by atoms with van der Waals surface area (Å²) >= 11 is 5.63. The van der Waals surface area contributed by atoms with Crippen molar-refractivity contribution in [2.75, 3.05) is 19.7 Å². The van der Waals surface area contributed by atoms with Gasteiger partial charge in [-0.05, 0) is 24.9 Å². The van der Waals surface area contributed by atoms with Crippen molar-refractivity contribution in [3.8, 4) is 0 Å². The van der Waals surface area contributed by atoms with Crippen LogP contribution in [-0.4, -0.2) is 19.7 Å². The van der Waals surface area contributed by atoms with E-state index in [-0.39, 0.29) is 0 Å². The first kappa shape index (κ1) is 14.2. The molecule has 0 heterocycles. The van der Waals surface area contributed by atoms with Gasteiger partial charge in [0.2, 0.25) is 0 Å². The van der Waals surface area contributed by atoms with Crippen LogP contribution in [-0.2, 0) is 11.3 Å². The van der Waals surface area contributed by atoms with E-state index in [1.54, 1.807) is 0 Å². The Bertz CT molecular complexity index is 313. The third-order valence-corrected chi connectivity index (χ3v) is 2.45. The van der Waals surface area contributed by atoms with Crippen molar-refractivity contribution < 1.29 is 4.74 Å². The maximum atomic E-state index is 5.63. The first-order valence-corrected chi connectivity index (χ1v) is 6.32. The standard InChI is InChI=1S/C14H20ClNO/c1-13(15)11-16-9-5-6-10-17-12-14-7-3-2-4-8-14/h2-4,7-8,16H,1,5-6,9-12H2. The topological polar surface area (TPSA) is 21.3 Å². The first-order valence-electron chi connectivity index (χ1n) is 5.94. The Balaban J connectivity index is 1.90. The van der Waals surface area contributed by atoms with Crippen LogP contribution in [0.5, 0.6) is 0 Å². The number of unbranched alkanes of at least 4 members (excludes halogenated alkanes) is 1. The maximum Gasteiger partial charge on any atom is 0.0716 e. The van der Waals surface area contributed by atoms with Crippen LogP contribution in [0.1, 0.15) is 18.4 Å². The summed E-state index contributed by atoms with van der Waals surface area (Å²) in [5.74, 6) is 0. The van der Waals surface area contributed by atoms with Crippen molar-refractivity contribution in [1.29, 1.82) is 0 Å². The molecule has 0 atom stereocenters. The Morgan fingerprint density at radius 3 is 2.71 bits per heavy atom. The predicted molar refractivity (Wildman–Crippen MR) is 73.2 cm³/mol. The molecule has 1 aromatic carbocycles. The van der Waals surface area contributed by atoms with Gasteiger partial charge < -0.3 is 10.1 Å². The minimum atomic E-state index is 0.658. The van der Waals surface area contributed by atoms with Crippen LogP contribution >= 0.6 is 11.6 Å². The van der Waals surface area contributed by atoms with Gasteiger partial charge in [-0.15, -0.1) is 0 Å². The molecule has 0 saturated carbocycles. The molecule has 0 bridgehead atoms. The highest BCUT2D eigenvalue weighted by atomic mass is 35.5. The molecule has 1 rings (SSSR count). The molecule has 0 aliphatic rings. The van der Waals surface area contributed by atoms with E-state index in [4.69, 9.17) is 16.3 Å². The van der Waals surface area contributed by atoms with Crippen molar-refractivity contribution in [1.82, 2.24) is 5.32 Å². The van der Waals surface area contributed by atoms with E-state index in [1.165, 1.54) is 5.56 Å². The van der Waals surface area contributed by atoms with Gasteiger partial charge in [0.1, 0.15) is 0 Å². The lowest BCUT2D eigenvalue weighted by atomic mass is 10.2. The first-order chi connectivity index (χ1) is 8.29. The van der Waals surface area contributed by atoms with Gasteiger partial charge in [0, 0.05) is 18.2 Å². The summed E-state index contributed by atoms with van der Waals surface area (Å²) in [6.07, 6.45) is 2.16. The summed E-state index contributed by atoms with van der Waals surface area (Å²) in [4.78, 5) is 0. The number of halogens is 1. The smallest absolute Gasteiger partial charge is 0.0716 e. The zero-order valence-corrected chi connectivity index (χ0v) is 10.9. The number of ether oxygens (including phenoxy) is 1. The normalized spacial score (nSPS) is 10.4. The summed E-state index contributed by atoms with van der Waals surface area (Å²) in [6, 6.07) is 10.2. The molecule has 0 aliphatic carbocycles. The number of benzene rings is 1. The van der Waals surface area contributed by atoms with Crippen molar-refractivity contribution in [2.24, 2.45) is 0 Å². The number of rotatable bonds is 9. The molecule has 0 spiro atoms. The van der Waals surface area contributed by atoms with Gasteiger partial charge in [-0.3, -0.25) is 0 Å². The summed E-state index contributed by atoms with van der Waals surface area (Å²) in [5.41, 5.74) is 1.23. The molecule has 2 nitrogen and oxygen atoms in total. The molecule has 0 fully saturated rings. The third kappa shape index (κ3) is 7.97. The van der Waals surface area contributed by atoms with E-state index >= 15 is 0 Å². The van der Waals surface area contributed by atoms with Gasteiger partial charge in [-0.1, -0.05) is 48.5 Å². The monoisotopic (exact) mass is 253 g/mol. The second kappa shape index (κ2) is 9.23. The number of hydrogen-bond donors (Lipinski definition) is 1. The Morgan fingerprint density at radius 1 is 1.24 bits per heavy atom. The average Bonchev–Trinajstić information content (AvgIpc) is 2.33. The third-order valence-electron chi connectivity index (χ3n) is 2.32. The van der Waals surface area contributed by atoms with Crippen LogP contribution in [0.4, 0.5) is 0 Å². The largest absolute Gasteiger partial charge is 0.377 e. The molecule has 0 amide bonds. The van der Waals surface area contributed by atoms with Crippen LogP contribution in [0.3, 0.4) is 0 Å². The summed E-state index contributed by atoms with van der Waals surface area (Å²) < 4.78 is 5.58. The van der Waals surface area contributed by atoms with Crippen LogP contribution in [0.25, 0.3) is 0 Å². The zero-order valence-electron chi connectivity index (χ0n) is 10.1. The highest BCUT2D eigenvalue weighted by Crippen LogP contribution is 2.01. The van der Waals surface area contributed by atoms with Crippen molar-refractivity contribution >= 4 is 11.6 Å².